The van der Waals surface area contributed by atoms with Crippen molar-refractivity contribution in [1.82, 2.24) is 0 Å². The van der Waals surface area contributed by atoms with Crippen LogP contribution in [0, 0.1) is 6.92 Å². The minimum Gasteiger partial charge on any atom is -0.0653 e. The van der Waals surface area contributed by atoms with Crippen molar-refractivity contribution < 1.29 is 0 Å². The topological polar surface area (TPSA) is 0 Å². The van der Waals surface area contributed by atoms with Crippen LogP contribution in [-0.2, 0) is 5.41 Å². The average molecular weight is 355 g/mol. The summed E-state index contributed by atoms with van der Waals surface area (Å²) < 4.78 is 0. The van der Waals surface area contributed by atoms with Crippen molar-refractivity contribution in [3.63, 3.8) is 0 Å². The van der Waals surface area contributed by atoms with Crippen LogP contribution in [0.3, 0.4) is 0 Å². The van der Waals surface area contributed by atoms with Crippen molar-refractivity contribution in [3.05, 3.63) is 94.1 Å². The third kappa shape index (κ3) is 3.02. The Kier molecular flexibility index (Phi) is 4.91. The van der Waals surface area contributed by atoms with Gasteiger partial charge in [-0.1, -0.05) is 93.4 Å². The summed E-state index contributed by atoms with van der Waals surface area (Å²) in [4.78, 5) is 0. The van der Waals surface area contributed by atoms with Crippen LogP contribution < -0.4 is 0 Å². The van der Waals surface area contributed by atoms with Gasteiger partial charge in [0.2, 0.25) is 0 Å². The second kappa shape index (κ2) is 7.35. The molecular weight excluding hydrogens is 324 g/mol. The Morgan fingerprint density at radius 3 is 2.33 bits per heavy atom. The van der Waals surface area contributed by atoms with E-state index in [1.54, 1.807) is 11.1 Å². The van der Waals surface area contributed by atoms with Crippen molar-refractivity contribution in [1.29, 1.82) is 0 Å². The highest BCUT2D eigenvalue weighted by Crippen LogP contribution is 2.55. The van der Waals surface area contributed by atoms with Gasteiger partial charge in [-0.2, -0.15) is 0 Å². The lowest BCUT2D eigenvalue weighted by Crippen LogP contribution is -2.27. The SMILES string of the molecule is CCCC1(CCC)C2=C(C=CC(=Cc3ccccc3C)C2)c2ccccc21. The monoisotopic (exact) mass is 354 g/mol. The Labute approximate surface area is 164 Å². The van der Waals surface area contributed by atoms with Gasteiger partial charge in [0, 0.05) is 5.41 Å². The number of aryl methyl sites for hydroxylation is 1. The van der Waals surface area contributed by atoms with Crippen molar-refractivity contribution >= 4 is 11.6 Å². The van der Waals surface area contributed by atoms with Gasteiger partial charge in [-0.25, -0.2) is 0 Å². The fourth-order valence-corrected chi connectivity index (χ4v) is 5.22. The highest BCUT2D eigenvalue weighted by Gasteiger charge is 2.43. The highest BCUT2D eigenvalue weighted by molar-refractivity contribution is 5.89. The van der Waals surface area contributed by atoms with Gasteiger partial charge in [0.05, 0.1) is 0 Å². The molecule has 2 aliphatic carbocycles. The molecule has 0 unspecified atom stereocenters. The molecular formula is C27H30. The maximum atomic E-state index is 2.39. The lowest BCUT2D eigenvalue weighted by Gasteiger charge is -2.35. The van der Waals surface area contributed by atoms with Crippen LogP contribution in [0.25, 0.3) is 11.6 Å². The standard InChI is InChI=1S/C27H30/c1-4-16-27(17-5-2)25-13-9-8-12-23(25)24-15-14-21(19-26(24)27)18-22-11-7-6-10-20(22)3/h6-15,18H,4-5,16-17,19H2,1-3H3. The van der Waals surface area contributed by atoms with Gasteiger partial charge in [-0.15, -0.1) is 0 Å². The summed E-state index contributed by atoms with van der Waals surface area (Å²) in [5.74, 6) is 0. The molecule has 0 aliphatic heterocycles. The van der Waals surface area contributed by atoms with E-state index in [-0.39, 0.29) is 5.41 Å². The van der Waals surface area contributed by atoms with Crippen molar-refractivity contribution in [2.24, 2.45) is 0 Å². The van der Waals surface area contributed by atoms with E-state index in [0.717, 1.165) is 6.42 Å². The van der Waals surface area contributed by atoms with Gasteiger partial charge < -0.3 is 0 Å². The Morgan fingerprint density at radius 1 is 0.889 bits per heavy atom. The van der Waals surface area contributed by atoms with Crippen LogP contribution in [-0.4, -0.2) is 0 Å². The Hall–Kier alpha value is -2.34. The minimum absolute atomic E-state index is 0.227. The molecule has 0 bridgehead atoms. The summed E-state index contributed by atoms with van der Waals surface area (Å²) in [5, 5.41) is 0. The minimum atomic E-state index is 0.227. The number of hydrogen-bond acceptors (Lipinski definition) is 0. The second-order valence-corrected chi connectivity index (χ2v) is 8.11. The van der Waals surface area contributed by atoms with Crippen LogP contribution in [0.1, 0.15) is 68.2 Å². The van der Waals surface area contributed by atoms with Gasteiger partial charge in [-0.05, 0) is 65.2 Å². The van der Waals surface area contributed by atoms with Gasteiger partial charge in [-0.3, -0.25) is 0 Å². The number of fused-ring (bicyclic) bond motifs is 2. The van der Waals surface area contributed by atoms with Crippen LogP contribution in [0.5, 0.6) is 0 Å². The van der Waals surface area contributed by atoms with E-state index in [0.29, 0.717) is 0 Å². The van der Waals surface area contributed by atoms with Crippen LogP contribution in [0.4, 0.5) is 0 Å². The zero-order valence-electron chi connectivity index (χ0n) is 16.9. The van der Waals surface area contributed by atoms with Crippen LogP contribution in [0.2, 0.25) is 0 Å². The van der Waals surface area contributed by atoms with E-state index < -0.39 is 0 Å². The van der Waals surface area contributed by atoms with E-state index in [4.69, 9.17) is 0 Å². The zero-order valence-corrected chi connectivity index (χ0v) is 16.9. The van der Waals surface area contributed by atoms with Crippen LogP contribution >= 0.6 is 0 Å². The molecule has 0 saturated heterocycles. The predicted molar refractivity (Wildman–Crippen MR) is 118 cm³/mol. The van der Waals surface area contributed by atoms with E-state index in [9.17, 15) is 0 Å². The largest absolute Gasteiger partial charge is 0.0653 e. The normalized spacial score (nSPS) is 18.7. The molecule has 2 aliphatic rings. The molecule has 0 amide bonds. The van der Waals surface area contributed by atoms with Gasteiger partial charge in [0.15, 0.2) is 0 Å². The maximum Gasteiger partial charge on any atom is 0.0180 e. The summed E-state index contributed by atoms with van der Waals surface area (Å²) in [6.07, 6.45) is 13.2. The molecule has 0 radical (unpaired) electrons. The summed E-state index contributed by atoms with van der Waals surface area (Å²) >= 11 is 0. The molecule has 4 rings (SSSR count). The molecule has 0 N–H and O–H groups in total. The first-order valence-corrected chi connectivity index (χ1v) is 10.5. The summed E-state index contributed by atoms with van der Waals surface area (Å²) in [5.41, 5.74) is 10.6. The molecule has 2 aromatic rings. The van der Waals surface area contributed by atoms with Crippen LogP contribution in [0.15, 0.2) is 71.8 Å². The first-order valence-electron chi connectivity index (χ1n) is 10.5. The molecule has 2 aromatic carbocycles. The molecule has 27 heavy (non-hydrogen) atoms. The molecule has 138 valence electrons. The van der Waals surface area contributed by atoms with E-state index in [2.05, 4.69) is 87.5 Å². The zero-order chi connectivity index (χ0) is 18.9. The molecule has 0 saturated carbocycles. The summed E-state index contributed by atoms with van der Waals surface area (Å²) in [6.45, 7) is 6.87. The van der Waals surface area contributed by atoms with Gasteiger partial charge >= 0.3 is 0 Å². The molecule has 0 heteroatoms. The Bertz CT molecular complexity index is 930. The first-order chi connectivity index (χ1) is 13.2. The van der Waals surface area contributed by atoms with Crippen molar-refractivity contribution in [2.45, 2.75) is 58.3 Å². The third-order valence-corrected chi connectivity index (χ3v) is 6.36. The summed E-state index contributed by atoms with van der Waals surface area (Å²) in [6, 6.07) is 17.8. The second-order valence-electron chi connectivity index (χ2n) is 8.11. The van der Waals surface area contributed by atoms with Crippen molar-refractivity contribution in [2.75, 3.05) is 0 Å². The number of benzene rings is 2. The first kappa shape index (κ1) is 18.0. The quantitative estimate of drug-likeness (QED) is 0.517. The summed E-state index contributed by atoms with van der Waals surface area (Å²) in [7, 11) is 0. The fourth-order valence-electron chi connectivity index (χ4n) is 5.22. The maximum absolute atomic E-state index is 2.39. The predicted octanol–water partition coefficient (Wildman–Crippen LogP) is 7.64. The van der Waals surface area contributed by atoms with Crippen molar-refractivity contribution in [3.8, 4) is 0 Å². The lowest BCUT2D eigenvalue weighted by molar-refractivity contribution is 0.418. The fraction of sp³-hybridized carbons (Fsp3) is 0.333. The van der Waals surface area contributed by atoms with Gasteiger partial charge in [0.25, 0.3) is 0 Å². The Balaban J connectivity index is 1.80. The number of allylic oxidation sites excluding steroid dienone is 5. The van der Waals surface area contributed by atoms with E-state index >= 15 is 0 Å². The van der Waals surface area contributed by atoms with E-state index in [1.165, 1.54) is 53.5 Å². The molecule has 0 spiro atoms. The average Bonchev–Trinajstić information content (AvgIpc) is 2.95. The number of rotatable bonds is 5. The molecule has 0 atom stereocenters. The Morgan fingerprint density at radius 2 is 1.59 bits per heavy atom. The third-order valence-electron chi connectivity index (χ3n) is 6.36. The highest BCUT2D eigenvalue weighted by atomic mass is 14.5. The van der Waals surface area contributed by atoms with Gasteiger partial charge in [0.1, 0.15) is 0 Å². The molecule has 0 fully saturated rings. The lowest BCUT2D eigenvalue weighted by atomic mass is 9.68. The molecule has 0 aromatic heterocycles. The molecule has 0 heterocycles. The number of hydrogen-bond donors (Lipinski definition) is 0. The molecule has 0 nitrogen and oxygen atoms in total. The smallest absolute Gasteiger partial charge is 0.0180 e. The van der Waals surface area contributed by atoms with E-state index in [1.807, 2.05) is 0 Å².